The fraction of sp³-hybridized carbons (Fsp3) is 0.158. The average Bonchev–Trinajstić information content (AvgIpc) is 3.14. The number of ketones is 1. The van der Waals surface area contributed by atoms with Crippen molar-refractivity contribution >= 4 is 51.3 Å². The molecule has 0 radical (unpaired) electrons. The fourth-order valence-electron chi connectivity index (χ4n) is 2.39. The summed E-state index contributed by atoms with van der Waals surface area (Å²) >= 11 is 2.62. The highest BCUT2D eigenvalue weighted by Gasteiger charge is 2.12. The van der Waals surface area contributed by atoms with E-state index in [1.165, 1.54) is 30.0 Å². The number of anilines is 3. The number of benzene rings is 2. The molecular weight excluding hydrogens is 396 g/mol. The van der Waals surface area contributed by atoms with Crippen LogP contribution in [0.2, 0.25) is 0 Å². The topological polar surface area (TPSA) is 93.2 Å². The van der Waals surface area contributed by atoms with E-state index < -0.39 is 0 Å². The second-order valence-electron chi connectivity index (χ2n) is 5.64. The lowest BCUT2D eigenvalue weighted by molar-refractivity contribution is -0.113. The summed E-state index contributed by atoms with van der Waals surface area (Å²) in [5.41, 5.74) is 1.78. The van der Waals surface area contributed by atoms with Gasteiger partial charge in [0.1, 0.15) is 5.75 Å². The smallest absolute Gasteiger partial charge is 0.234 e. The summed E-state index contributed by atoms with van der Waals surface area (Å²) in [6.45, 7) is 1.47. The molecule has 28 heavy (non-hydrogen) atoms. The Morgan fingerprint density at radius 3 is 2.54 bits per heavy atom. The molecule has 0 atom stereocenters. The van der Waals surface area contributed by atoms with Crippen LogP contribution in [0.4, 0.5) is 16.5 Å². The number of rotatable bonds is 8. The molecule has 3 aromatic rings. The van der Waals surface area contributed by atoms with Crippen molar-refractivity contribution in [3.8, 4) is 5.75 Å². The van der Waals surface area contributed by atoms with Crippen LogP contribution in [0, 0.1) is 0 Å². The van der Waals surface area contributed by atoms with Gasteiger partial charge in [-0.1, -0.05) is 47.4 Å². The first-order valence-corrected chi connectivity index (χ1v) is 10.1. The van der Waals surface area contributed by atoms with Crippen molar-refractivity contribution in [2.24, 2.45) is 0 Å². The predicted molar refractivity (Wildman–Crippen MR) is 112 cm³/mol. The molecule has 0 saturated carbocycles. The fourth-order valence-corrected chi connectivity index (χ4v) is 3.96. The summed E-state index contributed by atoms with van der Waals surface area (Å²) in [4.78, 5) is 23.9. The van der Waals surface area contributed by atoms with Crippen LogP contribution in [0.1, 0.15) is 17.3 Å². The van der Waals surface area contributed by atoms with E-state index in [-0.39, 0.29) is 17.4 Å². The van der Waals surface area contributed by atoms with E-state index in [0.29, 0.717) is 26.5 Å². The SMILES string of the molecule is COc1ccccc1Nc1nnc(SCC(=O)Nc2ccccc2C(C)=O)s1. The third-order valence-corrected chi connectivity index (χ3v) is 5.63. The van der Waals surface area contributed by atoms with E-state index in [2.05, 4.69) is 20.8 Å². The summed E-state index contributed by atoms with van der Waals surface area (Å²) in [5.74, 6) is 0.554. The van der Waals surface area contributed by atoms with Gasteiger partial charge in [0.05, 0.1) is 24.2 Å². The Balaban J connectivity index is 1.57. The van der Waals surface area contributed by atoms with Gasteiger partial charge in [-0.25, -0.2) is 0 Å². The molecule has 0 saturated heterocycles. The van der Waals surface area contributed by atoms with Gasteiger partial charge in [-0.05, 0) is 31.2 Å². The molecule has 1 amide bonds. The summed E-state index contributed by atoms with van der Waals surface area (Å²) in [5, 5.41) is 14.7. The van der Waals surface area contributed by atoms with Gasteiger partial charge in [-0.15, -0.1) is 10.2 Å². The van der Waals surface area contributed by atoms with E-state index in [9.17, 15) is 9.59 Å². The van der Waals surface area contributed by atoms with Crippen molar-refractivity contribution in [1.29, 1.82) is 0 Å². The van der Waals surface area contributed by atoms with Crippen LogP contribution in [0.15, 0.2) is 52.9 Å². The summed E-state index contributed by atoms with van der Waals surface area (Å²) in [6, 6.07) is 14.4. The minimum absolute atomic E-state index is 0.0975. The van der Waals surface area contributed by atoms with E-state index in [4.69, 9.17) is 4.74 Å². The standard InChI is InChI=1S/C19H18N4O3S2/c1-12(24)13-7-3-4-8-14(13)20-17(25)11-27-19-23-22-18(28-19)21-15-9-5-6-10-16(15)26-2/h3-10H,11H2,1-2H3,(H,20,25)(H,21,22). The number of aromatic nitrogens is 2. The number of ether oxygens (including phenoxy) is 1. The summed E-state index contributed by atoms with van der Waals surface area (Å²) < 4.78 is 5.96. The quantitative estimate of drug-likeness (QED) is 0.421. The molecule has 0 aliphatic rings. The van der Waals surface area contributed by atoms with Crippen LogP contribution in [-0.4, -0.2) is 34.8 Å². The molecule has 0 bridgehead atoms. The monoisotopic (exact) mass is 414 g/mol. The largest absolute Gasteiger partial charge is 0.495 e. The van der Waals surface area contributed by atoms with Crippen molar-refractivity contribution in [3.05, 3.63) is 54.1 Å². The lowest BCUT2D eigenvalue weighted by Gasteiger charge is -2.08. The third kappa shape index (κ3) is 5.08. The highest BCUT2D eigenvalue weighted by Crippen LogP contribution is 2.31. The number of hydrogen-bond acceptors (Lipinski definition) is 8. The van der Waals surface area contributed by atoms with Crippen molar-refractivity contribution in [2.45, 2.75) is 11.3 Å². The number of para-hydroxylation sites is 3. The zero-order valence-corrected chi connectivity index (χ0v) is 16.9. The molecule has 2 aromatic carbocycles. The van der Waals surface area contributed by atoms with Crippen LogP contribution in [-0.2, 0) is 4.79 Å². The number of methoxy groups -OCH3 is 1. The van der Waals surface area contributed by atoms with E-state index in [1.54, 1.807) is 31.4 Å². The maximum Gasteiger partial charge on any atom is 0.234 e. The van der Waals surface area contributed by atoms with Gasteiger partial charge in [-0.2, -0.15) is 0 Å². The Hall–Kier alpha value is -2.91. The Bertz CT molecular complexity index is 991. The molecular formula is C19H18N4O3S2. The molecule has 1 aromatic heterocycles. The van der Waals surface area contributed by atoms with Crippen molar-refractivity contribution in [2.75, 3.05) is 23.5 Å². The number of nitrogens with one attached hydrogen (secondary N) is 2. The van der Waals surface area contributed by atoms with Gasteiger partial charge >= 0.3 is 0 Å². The molecule has 144 valence electrons. The maximum absolute atomic E-state index is 12.2. The van der Waals surface area contributed by atoms with Crippen LogP contribution >= 0.6 is 23.1 Å². The summed E-state index contributed by atoms with van der Waals surface area (Å²) in [7, 11) is 1.60. The Morgan fingerprint density at radius 2 is 1.79 bits per heavy atom. The number of Topliss-reactive ketones (excluding diaryl/α,β-unsaturated/α-hetero) is 1. The molecule has 0 unspecified atom stereocenters. The van der Waals surface area contributed by atoms with E-state index >= 15 is 0 Å². The third-order valence-electron chi connectivity index (χ3n) is 3.66. The van der Waals surface area contributed by atoms with Crippen LogP contribution in [0.25, 0.3) is 0 Å². The second kappa shape index (κ2) is 9.34. The molecule has 7 nitrogen and oxygen atoms in total. The zero-order valence-electron chi connectivity index (χ0n) is 15.3. The molecule has 1 heterocycles. The zero-order chi connectivity index (χ0) is 19.9. The number of hydrogen-bond donors (Lipinski definition) is 2. The van der Waals surface area contributed by atoms with Gasteiger partial charge in [0.2, 0.25) is 11.0 Å². The average molecular weight is 415 g/mol. The van der Waals surface area contributed by atoms with E-state index in [0.717, 1.165) is 5.69 Å². The van der Waals surface area contributed by atoms with Gasteiger partial charge in [-0.3, -0.25) is 9.59 Å². The maximum atomic E-state index is 12.2. The van der Waals surface area contributed by atoms with Crippen molar-refractivity contribution < 1.29 is 14.3 Å². The minimum Gasteiger partial charge on any atom is -0.495 e. The van der Waals surface area contributed by atoms with Gasteiger partial charge < -0.3 is 15.4 Å². The lowest BCUT2D eigenvalue weighted by atomic mass is 10.1. The van der Waals surface area contributed by atoms with Crippen LogP contribution < -0.4 is 15.4 Å². The Labute approximate surface area is 170 Å². The molecule has 0 fully saturated rings. The van der Waals surface area contributed by atoms with Crippen molar-refractivity contribution in [3.63, 3.8) is 0 Å². The molecule has 0 spiro atoms. The first-order chi connectivity index (χ1) is 13.6. The Morgan fingerprint density at radius 1 is 1.07 bits per heavy atom. The Kier molecular flexibility index (Phi) is 6.62. The molecule has 9 heteroatoms. The number of amides is 1. The minimum atomic E-state index is -0.215. The lowest BCUT2D eigenvalue weighted by Crippen LogP contribution is -2.16. The number of nitrogens with zero attached hydrogens (tertiary/aromatic N) is 2. The first-order valence-electron chi connectivity index (χ1n) is 8.33. The summed E-state index contributed by atoms with van der Waals surface area (Å²) in [6.07, 6.45) is 0. The molecule has 2 N–H and O–H groups in total. The van der Waals surface area contributed by atoms with Gasteiger partial charge in [0.15, 0.2) is 10.1 Å². The first kappa shape index (κ1) is 19.8. The normalized spacial score (nSPS) is 10.4. The number of carbonyl (C=O) groups is 2. The number of carbonyl (C=O) groups excluding carboxylic acids is 2. The molecule has 0 aliphatic carbocycles. The van der Waals surface area contributed by atoms with Crippen molar-refractivity contribution in [1.82, 2.24) is 10.2 Å². The predicted octanol–water partition coefficient (Wildman–Crippen LogP) is 4.22. The molecule has 3 rings (SSSR count). The van der Waals surface area contributed by atoms with Crippen LogP contribution in [0.5, 0.6) is 5.75 Å². The van der Waals surface area contributed by atoms with E-state index in [1.807, 2.05) is 24.3 Å². The van der Waals surface area contributed by atoms with Crippen LogP contribution in [0.3, 0.4) is 0 Å². The number of thioether (sulfide) groups is 1. The van der Waals surface area contributed by atoms with Gasteiger partial charge in [0.25, 0.3) is 0 Å². The highest BCUT2D eigenvalue weighted by atomic mass is 32.2. The second-order valence-corrected chi connectivity index (χ2v) is 7.84. The highest BCUT2D eigenvalue weighted by molar-refractivity contribution is 8.01. The van der Waals surface area contributed by atoms with Gasteiger partial charge in [0, 0.05) is 5.56 Å². The molecule has 0 aliphatic heterocycles.